The van der Waals surface area contributed by atoms with E-state index in [2.05, 4.69) is 5.32 Å². The quantitative estimate of drug-likeness (QED) is 0.793. The van der Waals surface area contributed by atoms with Crippen LogP contribution in [-0.4, -0.2) is 13.7 Å². The van der Waals surface area contributed by atoms with Gasteiger partial charge < -0.3 is 14.8 Å². The standard InChI is InChI=1S/C17H19Cl2NO2/c1-3-21-17-9-12(10-20-2)5-7-16(17)22-11-13-4-6-14(18)15(19)8-13/h4-9,20H,3,10-11H2,1-2H3. The number of halogens is 2. The Hall–Kier alpha value is -1.42. The second kappa shape index (κ2) is 8.28. The average molecular weight is 340 g/mol. The van der Waals surface area contributed by atoms with Crippen LogP contribution in [0.15, 0.2) is 36.4 Å². The predicted molar refractivity (Wildman–Crippen MR) is 91.2 cm³/mol. The largest absolute Gasteiger partial charge is 0.490 e. The Labute approximate surface area is 141 Å². The van der Waals surface area contributed by atoms with Crippen LogP contribution in [0.1, 0.15) is 18.1 Å². The second-order valence-corrected chi connectivity index (χ2v) is 5.60. The zero-order valence-electron chi connectivity index (χ0n) is 12.7. The van der Waals surface area contributed by atoms with Crippen molar-refractivity contribution < 1.29 is 9.47 Å². The predicted octanol–water partition coefficient (Wildman–Crippen LogP) is 4.69. The molecule has 0 heterocycles. The van der Waals surface area contributed by atoms with Gasteiger partial charge in [-0.1, -0.05) is 35.3 Å². The summed E-state index contributed by atoms with van der Waals surface area (Å²) in [6.45, 7) is 3.73. The van der Waals surface area contributed by atoms with Crippen molar-refractivity contribution in [2.75, 3.05) is 13.7 Å². The SMILES string of the molecule is CCOc1cc(CNC)ccc1OCc1ccc(Cl)c(Cl)c1. The van der Waals surface area contributed by atoms with Crippen molar-refractivity contribution in [3.05, 3.63) is 57.6 Å². The zero-order valence-corrected chi connectivity index (χ0v) is 14.2. The highest BCUT2D eigenvalue weighted by molar-refractivity contribution is 6.42. The van der Waals surface area contributed by atoms with Crippen LogP contribution in [0.25, 0.3) is 0 Å². The smallest absolute Gasteiger partial charge is 0.161 e. The summed E-state index contributed by atoms with van der Waals surface area (Å²) < 4.78 is 11.5. The normalized spacial score (nSPS) is 10.5. The molecule has 0 radical (unpaired) electrons. The van der Waals surface area contributed by atoms with Gasteiger partial charge in [0.05, 0.1) is 16.7 Å². The molecule has 5 heteroatoms. The Morgan fingerprint density at radius 3 is 2.36 bits per heavy atom. The monoisotopic (exact) mass is 339 g/mol. The molecule has 0 aliphatic carbocycles. The molecule has 0 saturated heterocycles. The van der Waals surface area contributed by atoms with E-state index in [0.717, 1.165) is 23.4 Å². The third kappa shape index (κ3) is 4.54. The van der Waals surface area contributed by atoms with Crippen LogP contribution in [0, 0.1) is 0 Å². The van der Waals surface area contributed by atoms with E-state index in [4.69, 9.17) is 32.7 Å². The Kier molecular flexibility index (Phi) is 6.37. The van der Waals surface area contributed by atoms with Crippen molar-refractivity contribution >= 4 is 23.2 Å². The van der Waals surface area contributed by atoms with E-state index in [-0.39, 0.29) is 0 Å². The third-order valence-electron chi connectivity index (χ3n) is 3.07. The van der Waals surface area contributed by atoms with Crippen molar-refractivity contribution in [1.82, 2.24) is 5.32 Å². The topological polar surface area (TPSA) is 30.5 Å². The first-order valence-corrected chi connectivity index (χ1v) is 7.86. The molecule has 0 aromatic heterocycles. The molecule has 0 spiro atoms. The lowest BCUT2D eigenvalue weighted by atomic mass is 10.2. The van der Waals surface area contributed by atoms with Gasteiger partial charge >= 0.3 is 0 Å². The van der Waals surface area contributed by atoms with Crippen molar-refractivity contribution in [2.45, 2.75) is 20.1 Å². The van der Waals surface area contributed by atoms with E-state index >= 15 is 0 Å². The summed E-state index contributed by atoms with van der Waals surface area (Å²) in [7, 11) is 1.91. The third-order valence-corrected chi connectivity index (χ3v) is 3.81. The van der Waals surface area contributed by atoms with Gasteiger partial charge in [0.15, 0.2) is 11.5 Å². The van der Waals surface area contributed by atoms with Crippen LogP contribution in [0.4, 0.5) is 0 Å². The molecule has 0 bridgehead atoms. The minimum absolute atomic E-state index is 0.405. The highest BCUT2D eigenvalue weighted by atomic mass is 35.5. The van der Waals surface area contributed by atoms with Gasteiger partial charge in [-0.2, -0.15) is 0 Å². The molecule has 0 atom stereocenters. The van der Waals surface area contributed by atoms with Crippen LogP contribution < -0.4 is 14.8 Å². The molecule has 0 aliphatic rings. The van der Waals surface area contributed by atoms with Gasteiger partial charge in [0, 0.05) is 6.54 Å². The molecule has 3 nitrogen and oxygen atoms in total. The fraction of sp³-hybridized carbons (Fsp3) is 0.294. The Balaban J connectivity index is 2.12. The van der Waals surface area contributed by atoms with Crippen LogP contribution >= 0.6 is 23.2 Å². The number of ether oxygens (including phenoxy) is 2. The molecular formula is C17H19Cl2NO2. The summed E-state index contributed by atoms with van der Waals surface area (Å²) in [6, 6.07) is 11.4. The summed E-state index contributed by atoms with van der Waals surface area (Å²) in [4.78, 5) is 0. The fourth-order valence-electron chi connectivity index (χ4n) is 2.04. The summed E-state index contributed by atoms with van der Waals surface area (Å²) in [6.07, 6.45) is 0. The molecule has 0 amide bonds. The first kappa shape index (κ1) is 16.9. The summed E-state index contributed by atoms with van der Waals surface area (Å²) in [5.74, 6) is 1.46. The molecule has 2 aromatic rings. The highest BCUT2D eigenvalue weighted by Gasteiger charge is 2.07. The lowest BCUT2D eigenvalue weighted by Crippen LogP contribution is -2.06. The molecule has 0 saturated carbocycles. The van der Waals surface area contributed by atoms with E-state index < -0.39 is 0 Å². The molecule has 2 aromatic carbocycles. The van der Waals surface area contributed by atoms with Crippen molar-refractivity contribution in [2.24, 2.45) is 0 Å². The van der Waals surface area contributed by atoms with Crippen LogP contribution in [0.2, 0.25) is 10.0 Å². The highest BCUT2D eigenvalue weighted by Crippen LogP contribution is 2.30. The van der Waals surface area contributed by atoms with E-state index in [9.17, 15) is 0 Å². The number of nitrogens with one attached hydrogen (secondary N) is 1. The summed E-state index contributed by atoms with van der Waals surface area (Å²) in [5, 5.41) is 4.18. The summed E-state index contributed by atoms with van der Waals surface area (Å²) >= 11 is 11.9. The second-order valence-electron chi connectivity index (χ2n) is 4.78. The molecule has 2 rings (SSSR count). The van der Waals surface area contributed by atoms with E-state index in [1.807, 2.05) is 38.2 Å². The molecule has 118 valence electrons. The molecule has 0 unspecified atom stereocenters. The average Bonchev–Trinajstić information content (AvgIpc) is 2.50. The Morgan fingerprint density at radius 2 is 1.68 bits per heavy atom. The number of rotatable bonds is 7. The Bertz CT molecular complexity index is 632. The van der Waals surface area contributed by atoms with Gasteiger partial charge in [-0.25, -0.2) is 0 Å². The first-order valence-electron chi connectivity index (χ1n) is 7.11. The molecule has 0 aliphatic heterocycles. The first-order chi connectivity index (χ1) is 10.6. The summed E-state index contributed by atoms with van der Waals surface area (Å²) in [5.41, 5.74) is 2.10. The number of benzene rings is 2. The number of hydrogen-bond acceptors (Lipinski definition) is 3. The zero-order chi connectivity index (χ0) is 15.9. The van der Waals surface area contributed by atoms with E-state index in [1.165, 1.54) is 0 Å². The fourth-order valence-corrected chi connectivity index (χ4v) is 2.37. The van der Waals surface area contributed by atoms with Gasteiger partial charge in [0.1, 0.15) is 6.61 Å². The molecule has 22 heavy (non-hydrogen) atoms. The number of hydrogen-bond donors (Lipinski definition) is 1. The van der Waals surface area contributed by atoms with E-state index in [0.29, 0.717) is 29.0 Å². The van der Waals surface area contributed by atoms with Gasteiger partial charge in [0.25, 0.3) is 0 Å². The lowest BCUT2D eigenvalue weighted by molar-refractivity contribution is 0.269. The van der Waals surface area contributed by atoms with Crippen LogP contribution in [0.3, 0.4) is 0 Å². The maximum atomic E-state index is 6.01. The molecule has 0 fully saturated rings. The molecule has 1 N–H and O–H groups in total. The maximum absolute atomic E-state index is 6.01. The van der Waals surface area contributed by atoms with Crippen molar-refractivity contribution in [1.29, 1.82) is 0 Å². The molecular weight excluding hydrogens is 321 g/mol. The maximum Gasteiger partial charge on any atom is 0.161 e. The van der Waals surface area contributed by atoms with Crippen molar-refractivity contribution in [3.63, 3.8) is 0 Å². The van der Waals surface area contributed by atoms with Gasteiger partial charge in [-0.15, -0.1) is 0 Å². The van der Waals surface area contributed by atoms with E-state index in [1.54, 1.807) is 12.1 Å². The van der Waals surface area contributed by atoms with Gasteiger partial charge in [-0.05, 0) is 49.4 Å². The Morgan fingerprint density at radius 1 is 0.909 bits per heavy atom. The minimum atomic E-state index is 0.405. The van der Waals surface area contributed by atoms with Gasteiger partial charge in [0.2, 0.25) is 0 Å². The van der Waals surface area contributed by atoms with Gasteiger partial charge in [-0.3, -0.25) is 0 Å². The van der Waals surface area contributed by atoms with Crippen LogP contribution in [0.5, 0.6) is 11.5 Å². The minimum Gasteiger partial charge on any atom is -0.490 e. The van der Waals surface area contributed by atoms with Crippen LogP contribution in [-0.2, 0) is 13.2 Å². The van der Waals surface area contributed by atoms with Crippen molar-refractivity contribution in [3.8, 4) is 11.5 Å². The lowest BCUT2D eigenvalue weighted by Gasteiger charge is -2.13.